The summed E-state index contributed by atoms with van der Waals surface area (Å²) in [5.41, 5.74) is 0.228. The second-order valence-electron chi connectivity index (χ2n) is 6.17. The van der Waals surface area contributed by atoms with E-state index in [9.17, 15) is 0 Å². The predicted molar refractivity (Wildman–Crippen MR) is 78.2 cm³/mol. The molecule has 3 atom stereocenters. The normalized spacial score (nSPS) is 30.5. The number of aryl methyl sites for hydroxylation is 1. The van der Waals surface area contributed by atoms with Crippen LogP contribution in [0.1, 0.15) is 49.8 Å². The van der Waals surface area contributed by atoms with Crippen molar-refractivity contribution in [2.24, 2.45) is 11.8 Å². The molecule has 1 saturated carbocycles. The number of hydrogen-bond acceptors (Lipinski definition) is 1. The van der Waals surface area contributed by atoms with Crippen LogP contribution in [0.3, 0.4) is 0 Å². The second kappa shape index (κ2) is 4.93. The average molecular weight is 271 g/mol. The molecule has 0 saturated heterocycles. The first kappa shape index (κ1) is 13.4. The molecule has 17 heavy (non-hydrogen) atoms. The highest BCUT2D eigenvalue weighted by Gasteiger charge is 2.39. The van der Waals surface area contributed by atoms with Crippen molar-refractivity contribution in [3.05, 3.63) is 21.9 Å². The minimum Gasteiger partial charge on any atom is -0.145 e. The summed E-state index contributed by atoms with van der Waals surface area (Å²) >= 11 is 8.56. The van der Waals surface area contributed by atoms with E-state index in [2.05, 4.69) is 39.8 Å². The lowest BCUT2D eigenvalue weighted by Gasteiger charge is -2.41. The fourth-order valence-electron chi connectivity index (χ4n) is 3.09. The van der Waals surface area contributed by atoms with Crippen molar-refractivity contribution < 1.29 is 0 Å². The summed E-state index contributed by atoms with van der Waals surface area (Å²) in [7, 11) is 0. The molecule has 1 aliphatic rings. The molecule has 0 N–H and O–H groups in total. The first-order valence-electron chi connectivity index (χ1n) is 6.62. The maximum absolute atomic E-state index is 6.62. The van der Waals surface area contributed by atoms with Gasteiger partial charge in [-0.25, -0.2) is 0 Å². The Balaban J connectivity index is 2.20. The van der Waals surface area contributed by atoms with Gasteiger partial charge in [-0.15, -0.1) is 22.9 Å². The maximum atomic E-state index is 6.62. The van der Waals surface area contributed by atoms with Gasteiger partial charge in [0.1, 0.15) is 0 Å². The molecule has 96 valence electrons. The summed E-state index contributed by atoms with van der Waals surface area (Å²) in [4.78, 5) is 2.91. The molecule has 1 aliphatic carbocycles. The topological polar surface area (TPSA) is 0 Å². The first-order valence-corrected chi connectivity index (χ1v) is 7.87. The Morgan fingerprint density at radius 3 is 2.53 bits per heavy atom. The summed E-state index contributed by atoms with van der Waals surface area (Å²) in [6.45, 7) is 9.25. The molecule has 0 amide bonds. The van der Waals surface area contributed by atoms with Crippen LogP contribution in [0.4, 0.5) is 0 Å². The lowest BCUT2D eigenvalue weighted by atomic mass is 9.68. The van der Waals surface area contributed by atoms with E-state index in [-0.39, 0.29) is 5.41 Å². The van der Waals surface area contributed by atoms with Crippen LogP contribution in [0.2, 0.25) is 0 Å². The summed E-state index contributed by atoms with van der Waals surface area (Å²) in [5.74, 6) is 1.42. The Kier molecular flexibility index (Phi) is 3.89. The van der Waals surface area contributed by atoms with Gasteiger partial charge in [0.15, 0.2) is 0 Å². The third kappa shape index (κ3) is 2.71. The summed E-state index contributed by atoms with van der Waals surface area (Å²) in [6, 6.07) is 4.53. The van der Waals surface area contributed by atoms with E-state index in [1.165, 1.54) is 29.0 Å². The van der Waals surface area contributed by atoms with Crippen LogP contribution in [0.15, 0.2) is 12.1 Å². The number of halogens is 1. The Bertz CT molecular complexity index is 380. The minimum atomic E-state index is 0.228. The van der Waals surface area contributed by atoms with Crippen LogP contribution in [-0.4, -0.2) is 5.38 Å². The zero-order valence-electron chi connectivity index (χ0n) is 11.3. The Morgan fingerprint density at radius 2 is 2.00 bits per heavy atom. The van der Waals surface area contributed by atoms with Gasteiger partial charge < -0.3 is 0 Å². The van der Waals surface area contributed by atoms with Crippen LogP contribution in [-0.2, 0) is 5.41 Å². The van der Waals surface area contributed by atoms with E-state index >= 15 is 0 Å². The molecule has 3 unspecified atom stereocenters. The van der Waals surface area contributed by atoms with E-state index in [1.54, 1.807) is 0 Å². The van der Waals surface area contributed by atoms with Crippen molar-refractivity contribution in [3.63, 3.8) is 0 Å². The first-order chi connectivity index (χ1) is 7.91. The number of thiophene rings is 1. The highest BCUT2D eigenvalue weighted by atomic mass is 35.5. The predicted octanol–water partition coefficient (Wildman–Crippen LogP) is 5.38. The maximum Gasteiger partial charge on any atom is 0.0375 e. The third-order valence-corrected chi connectivity index (χ3v) is 6.16. The number of alkyl halides is 1. The van der Waals surface area contributed by atoms with Crippen molar-refractivity contribution in [2.45, 2.75) is 57.7 Å². The quantitative estimate of drug-likeness (QED) is 0.633. The van der Waals surface area contributed by atoms with Crippen LogP contribution in [0.5, 0.6) is 0 Å². The molecule has 0 aromatic carbocycles. The molecule has 1 aromatic heterocycles. The second-order valence-corrected chi connectivity index (χ2v) is 8.02. The van der Waals surface area contributed by atoms with Crippen molar-refractivity contribution in [3.8, 4) is 0 Å². The van der Waals surface area contributed by atoms with Gasteiger partial charge in [-0.05, 0) is 43.7 Å². The van der Waals surface area contributed by atoms with Crippen molar-refractivity contribution >= 4 is 22.9 Å². The molecule has 2 heteroatoms. The van der Waals surface area contributed by atoms with Crippen LogP contribution < -0.4 is 0 Å². The molecule has 0 bridgehead atoms. The lowest BCUT2D eigenvalue weighted by Crippen LogP contribution is -2.38. The highest BCUT2D eigenvalue weighted by molar-refractivity contribution is 7.12. The van der Waals surface area contributed by atoms with Gasteiger partial charge in [0.25, 0.3) is 0 Å². The fourth-order valence-corrected chi connectivity index (χ4v) is 4.87. The number of hydrogen-bond donors (Lipinski definition) is 0. The summed E-state index contributed by atoms with van der Waals surface area (Å²) in [5, 5.41) is 0.344. The zero-order valence-corrected chi connectivity index (χ0v) is 12.9. The summed E-state index contributed by atoms with van der Waals surface area (Å²) < 4.78 is 0. The molecular formula is C15H23ClS. The van der Waals surface area contributed by atoms with Gasteiger partial charge in [-0.2, -0.15) is 0 Å². The molecule has 2 rings (SSSR count). The molecule has 0 radical (unpaired) electrons. The molecular weight excluding hydrogens is 248 g/mol. The van der Waals surface area contributed by atoms with E-state index in [1.807, 2.05) is 11.3 Å². The van der Waals surface area contributed by atoms with E-state index in [0.29, 0.717) is 11.3 Å². The van der Waals surface area contributed by atoms with Gasteiger partial charge in [0, 0.05) is 20.5 Å². The van der Waals surface area contributed by atoms with E-state index < -0.39 is 0 Å². The lowest BCUT2D eigenvalue weighted by molar-refractivity contribution is 0.210. The fraction of sp³-hybridized carbons (Fsp3) is 0.733. The SMILES string of the molecule is Cc1ccc(C(C)(C)C2CCC(C)CC2Cl)s1. The van der Waals surface area contributed by atoms with Gasteiger partial charge in [0.2, 0.25) is 0 Å². The smallest absolute Gasteiger partial charge is 0.0375 e. The third-order valence-electron chi connectivity index (χ3n) is 4.34. The molecule has 0 nitrogen and oxygen atoms in total. The van der Waals surface area contributed by atoms with Gasteiger partial charge in [-0.1, -0.05) is 27.2 Å². The average Bonchev–Trinajstić information content (AvgIpc) is 2.64. The molecule has 0 spiro atoms. The largest absolute Gasteiger partial charge is 0.145 e. The van der Waals surface area contributed by atoms with E-state index in [0.717, 1.165) is 5.92 Å². The standard InChI is InChI=1S/C15H23ClS/c1-10-5-7-12(13(16)9-10)15(3,4)14-8-6-11(2)17-14/h6,8,10,12-13H,5,7,9H2,1-4H3. The van der Waals surface area contributed by atoms with Crippen molar-refractivity contribution in [1.29, 1.82) is 0 Å². The Hall–Kier alpha value is -0.0100. The molecule has 0 aliphatic heterocycles. The van der Waals surface area contributed by atoms with E-state index in [4.69, 9.17) is 11.6 Å². The van der Waals surface area contributed by atoms with Gasteiger partial charge in [-0.3, -0.25) is 0 Å². The van der Waals surface area contributed by atoms with Crippen LogP contribution in [0.25, 0.3) is 0 Å². The molecule has 1 aromatic rings. The minimum absolute atomic E-state index is 0.228. The zero-order chi connectivity index (χ0) is 12.6. The van der Waals surface area contributed by atoms with Gasteiger partial charge in [0.05, 0.1) is 0 Å². The molecule has 1 heterocycles. The van der Waals surface area contributed by atoms with Crippen molar-refractivity contribution in [1.82, 2.24) is 0 Å². The van der Waals surface area contributed by atoms with Gasteiger partial charge >= 0.3 is 0 Å². The molecule has 1 fully saturated rings. The monoisotopic (exact) mass is 270 g/mol. The Labute approximate surface area is 114 Å². The van der Waals surface area contributed by atoms with Crippen LogP contribution >= 0.6 is 22.9 Å². The number of rotatable bonds is 2. The van der Waals surface area contributed by atoms with Crippen LogP contribution in [0, 0.1) is 18.8 Å². The highest BCUT2D eigenvalue weighted by Crippen LogP contribution is 2.46. The van der Waals surface area contributed by atoms with Crippen molar-refractivity contribution in [2.75, 3.05) is 0 Å². The Morgan fingerprint density at radius 1 is 1.29 bits per heavy atom. The summed E-state index contributed by atoms with van der Waals surface area (Å²) in [6.07, 6.45) is 3.79.